The zero-order chi connectivity index (χ0) is 17.3. The maximum Gasteiger partial charge on any atom is 0.248 e. The van der Waals surface area contributed by atoms with E-state index in [1.165, 1.54) is 16.9 Å². The Kier molecular flexibility index (Phi) is 4.28. The van der Waals surface area contributed by atoms with Crippen LogP contribution in [0.1, 0.15) is 19.8 Å². The highest BCUT2D eigenvalue weighted by atomic mass is 32.2. The predicted octanol–water partition coefficient (Wildman–Crippen LogP) is 2.57. The number of rotatable bonds is 5. The standard InChI is InChI=1S/C17H19N3O3S/c1-12(13-7-8-13)9-17(21)19-14-10-18-20(11-14)15-5-3-4-6-16(15)24(2,22)23/h3-6,9-11,13H,7-8H2,1-2H3,(H,19,21). The molecule has 2 aromatic rings. The number of benzene rings is 1. The van der Waals surface area contributed by atoms with E-state index in [-0.39, 0.29) is 10.8 Å². The lowest BCUT2D eigenvalue weighted by molar-refractivity contribution is -0.112. The van der Waals surface area contributed by atoms with E-state index < -0.39 is 9.84 Å². The van der Waals surface area contributed by atoms with E-state index in [2.05, 4.69) is 10.4 Å². The lowest BCUT2D eigenvalue weighted by Crippen LogP contribution is -2.08. The van der Waals surface area contributed by atoms with E-state index in [9.17, 15) is 13.2 Å². The molecule has 0 radical (unpaired) electrons. The Morgan fingerprint density at radius 2 is 2.04 bits per heavy atom. The molecule has 1 saturated carbocycles. The largest absolute Gasteiger partial charge is 0.320 e. The van der Waals surface area contributed by atoms with Gasteiger partial charge in [0.1, 0.15) is 0 Å². The Morgan fingerprint density at radius 3 is 2.71 bits per heavy atom. The number of amides is 1. The predicted molar refractivity (Wildman–Crippen MR) is 91.8 cm³/mol. The molecule has 24 heavy (non-hydrogen) atoms. The first-order chi connectivity index (χ1) is 11.3. The molecule has 0 aliphatic heterocycles. The van der Waals surface area contributed by atoms with Crippen LogP contribution in [0.3, 0.4) is 0 Å². The van der Waals surface area contributed by atoms with Gasteiger partial charge in [-0.3, -0.25) is 4.79 Å². The molecule has 1 amide bonds. The highest BCUT2D eigenvalue weighted by Gasteiger charge is 2.23. The number of aromatic nitrogens is 2. The minimum absolute atomic E-state index is 0.190. The van der Waals surface area contributed by atoms with Gasteiger partial charge >= 0.3 is 0 Å². The first kappa shape index (κ1) is 16.4. The average molecular weight is 345 g/mol. The van der Waals surface area contributed by atoms with E-state index in [0.717, 1.165) is 24.7 Å². The monoisotopic (exact) mass is 345 g/mol. The van der Waals surface area contributed by atoms with Crippen molar-refractivity contribution in [3.63, 3.8) is 0 Å². The van der Waals surface area contributed by atoms with E-state index in [0.29, 0.717) is 17.3 Å². The molecule has 126 valence electrons. The third-order valence-electron chi connectivity index (χ3n) is 3.94. The summed E-state index contributed by atoms with van der Waals surface area (Å²) in [6.45, 7) is 1.96. The Morgan fingerprint density at radius 1 is 1.33 bits per heavy atom. The Hall–Kier alpha value is -2.41. The van der Waals surface area contributed by atoms with E-state index in [1.807, 2.05) is 6.92 Å². The number of hydrogen-bond donors (Lipinski definition) is 1. The fourth-order valence-corrected chi connectivity index (χ4v) is 3.39. The van der Waals surface area contributed by atoms with Gasteiger partial charge in [-0.25, -0.2) is 13.1 Å². The maximum absolute atomic E-state index is 12.0. The Bertz CT molecular complexity index is 909. The second kappa shape index (κ2) is 6.24. The number of anilines is 1. The lowest BCUT2D eigenvalue weighted by atomic mass is 10.2. The molecule has 0 unspecified atom stereocenters. The van der Waals surface area contributed by atoms with Crippen molar-refractivity contribution in [3.8, 4) is 5.69 Å². The molecule has 1 N–H and O–H groups in total. The van der Waals surface area contributed by atoms with Gasteiger partial charge in [0.15, 0.2) is 9.84 Å². The summed E-state index contributed by atoms with van der Waals surface area (Å²) >= 11 is 0. The van der Waals surface area contributed by atoms with E-state index >= 15 is 0 Å². The van der Waals surface area contributed by atoms with Crippen molar-refractivity contribution in [3.05, 3.63) is 48.3 Å². The van der Waals surface area contributed by atoms with Gasteiger partial charge in [-0.15, -0.1) is 0 Å². The second-order valence-electron chi connectivity index (χ2n) is 6.07. The van der Waals surface area contributed by atoms with Gasteiger partial charge in [-0.05, 0) is 37.8 Å². The zero-order valence-corrected chi connectivity index (χ0v) is 14.4. The number of nitrogens with zero attached hydrogens (tertiary/aromatic N) is 2. The molecule has 0 atom stereocenters. The molecule has 0 bridgehead atoms. The molecular weight excluding hydrogens is 326 g/mol. The molecular formula is C17H19N3O3S. The van der Waals surface area contributed by atoms with Gasteiger partial charge in [0, 0.05) is 12.3 Å². The van der Waals surface area contributed by atoms with Crippen LogP contribution in [0.4, 0.5) is 5.69 Å². The number of sulfone groups is 1. The molecule has 6 nitrogen and oxygen atoms in total. The third-order valence-corrected chi connectivity index (χ3v) is 5.09. The van der Waals surface area contributed by atoms with Gasteiger partial charge in [0.2, 0.25) is 5.91 Å². The number of hydrogen-bond acceptors (Lipinski definition) is 4. The van der Waals surface area contributed by atoms with Crippen molar-refractivity contribution >= 4 is 21.4 Å². The average Bonchev–Trinajstić information content (AvgIpc) is 3.27. The number of para-hydroxylation sites is 1. The van der Waals surface area contributed by atoms with Crippen molar-refractivity contribution in [2.24, 2.45) is 5.92 Å². The third kappa shape index (κ3) is 3.73. The number of allylic oxidation sites excluding steroid dienone is 1. The van der Waals surface area contributed by atoms with Crippen LogP contribution < -0.4 is 5.32 Å². The summed E-state index contributed by atoms with van der Waals surface area (Å²) in [5.74, 6) is 0.343. The van der Waals surface area contributed by atoms with Gasteiger partial charge in [-0.1, -0.05) is 17.7 Å². The first-order valence-electron chi connectivity index (χ1n) is 7.68. The number of carbonyl (C=O) groups is 1. The fourth-order valence-electron chi connectivity index (χ4n) is 2.52. The number of nitrogens with one attached hydrogen (secondary N) is 1. The van der Waals surface area contributed by atoms with E-state index in [4.69, 9.17) is 0 Å². The van der Waals surface area contributed by atoms with Crippen LogP contribution in [0.5, 0.6) is 0 Å². The topological polar surface area (TPSA) is 81.1 Å². The summed E-state index contributed by atoms with van der Waals surface area (Å²) in [5, 5.41) is 6.91. The number of carbonyl (C=O) groups excluding carboxylic acids is 1. The molecule has 1 aromatic carbocycles. The minimum Gasteiger partial charge on any atom is -0.320 e. The summed E-state index contributed by atoms with van der Waals surface area (Å²) in [5.41, 5.74) is 2.05. The second-order valence-corrected chi connectivity index (χ2v) is 8.05. The molecule has 1 fully saturated rings. The molecule has 3 rings (SSSR count). The molecule has 1 aromatic heterocycles. The summed E-state index contributed by atoms with van der Waals surface area (Å²) in [4.78, 5) is 12.2. The van der Waals surface area contributed by atoms with Crippen LogP contribution in [0.15, 0.2) is 53.2 Å². The highest BCUT2D eigenvalue weighted by Crippen LogP contribution is 2.35. The SMILES string of the molecule is CC(=CC(=O)Nc1cnn(-c2ccccc2S(C)(=O)=O)c1)C1CC1. The van der Waals surface area contributed by atoms with Gasteiger partial charge < -0.3 is 5.32 Å². The quantitative estimate of drug-likeness (QED) is 0.845. The van der Waals surface area contributed by atoms with Crippen LogP contribution in [0, 0.1) is 5.92 Å². The summed E-state index contributed by atoms with van der Waals surface area (Å²) in [6, 6.07) is 6.61. The fraction of sp³-hybridized carbons (Fsp3) is 0.294. The lowest BCUT2D eigenvalue weighted by Gasteiger charge is -2.07. The summed E-state index contributed by atoms with van der Waals surface area (Å²) < 4.78 is 25.2. The van der Waals surface area contributed by atoms with Crippen molar-refractivity contribution in [1.29, 1.82) is 0 Å². The van der Waals surface area contributed by atoms with Crippen molar-refractivity contribution in [1.82, 2.24) is 9.78 Å². The van der Waals surface area contributed by atoms with Crippen molar-refractivity contribution < 1.29 is 13.2 Å². The first-order valence-corrected chi connectivity index (χ1v) is 9.57. The highest BCUT2D eigenvalue weighted by molar-refractivity contribution is 7.90. The van der Waals surface area contributed by atoms with Crippen molar-refractivity contribution in [2.75, 3.05) is 11.6 Å². The Balaban J connectivity index is 1.82. The summed E-state index contributed by atoms with van der Waals surface area (Å²) in [7, 11) is -3.37. The van der Waals surface area contributed by atoms with Gasteiger partial charge in [0.05, 0.1) is 28.7 Å². The zero-order valence-electron chi connectivity index (χ0n) is 13.6. The minimum atomic E-state index is -3.37. The van der Waals surface area contributed by atoms with Crippen LogP contribution in [-0.2, 0) is 14.6 Å². The van der Waals surface area contributed by atoms with Crippen LogP contribution in [0.2, 0.25) is 0 Å². The molecule has 0 spiro atoms. The van der Waals surface area contributed by atoms with Crippen LogP contribution in [-0.4, -0.2) is 30.4 Å². The van der Waals surface area contributed by atoms with Gasteiger partial charge in [0.25, 0.3) is 0 Å². The smallest absolute Gasteiger partial charge is 0.248 e. The molecule has 1 aliphatic rings. The van der Waals surface area contributed by atoms with Crippen LogP contribution in [0.25, 0.3) is 5.69 Å². The van der Waals surface area contributed by atoms with Gasteiger partial charge in [-0.2, -0.15) is 5.10 Å². The molecule has 0 saturated heterocycles. The van der Waals surface area contributed by atoms with Crippen LogP contribution >= 0.6 is 0 Å². The van der Waals surface area contributed by atoms with Crippen molar-refractivity contribution in [2.45, 2.75) is 24.7 Å². The Labute approximate surface area is 141 Å². The molecule has 1 aliphatic carbocycles. The normalized spacial score (nSPS) is 15.3. The summed E-state index contributed by atoms with van der Waals surface area (Å²) in [6.07, 6.45) is 8.16. The molecule has 1 heterocycles. The maximum atomic E-state index is 12.0. The molecule has 7 heteroatoms. The van der Waals surface area contributed by atoms with E-state index in [1.54, 1.807) is 30.5 Å².